The lowest BCUT2D eigenvalue weighted by Crippen LogP contribution is -2.48. The summed E-state index contributed by atoms with van der Waals surface area (Å²) in [6.45, 7) is 1.68. The molecule has 4 rings (SSSR count). The van der Waals surface area contributed by atoms with Gasteiger partial charge in [-0.3, -0.25) is 4.79 Å². The van der Waals surface area contributed by atoms with Gasteiger partial charge in [0, 0.05) is 38.1 Å². The first-order chi connectivity index (χ1) is 16.2. The van der Waals surface area contributed by atoms with E-state index >= 15 is 0 Å². The van der Waals surface area contributed by atoms with Crippen molar-refractivity contribution in [3.63, 3.8) is 0 Å². The highest BCUT2D eigenvalue weighted by molar-refractivity contribution is 5.96. The number of amides is 1. The molecule has 7 nitrogen and oxygen atoms in total. The van der Waals surface area contributed by atoms with Crippen molar-refractivity contribution in [2.75, 3.05) is 31.1 Å². The number of anilines is 1. The average Bonchev–Trinajstić information content (AvgIpc) is 2.84. The van der Waals surface area contributed by atoms with E-state index in [2.05, 4.69) is 4.98 Å². The lowest BCUT2D eigenvalue weighted by molar-refractivity contribution is -0.137. The summed E-state index contributed by atoms with van der Waals surface area (Å²) in [5.74, 6) is -0.904. The quantitative estimate of drug-likeness (QED) is 0.588. The number of carboxylic acids is 1. The van der Waals surface area contributed by atoms with Gasteiger partial charge in [0.2, 0.25) is 5.88 Å². The van der Waals surface area contributed by atoms with Gasteiger partial charge in [0.15, 0.2) is 0 Å². The smallest absolute Gasteiger partial charge is 0.416 e. The first-order valence-corrected chi connectivity index (χ1v) is 10.4. The van der Waals surface area contributed by atoms with E-state index in [4.69, 9.17) is 9.84 Å². The lowest BCUT2D eigenvalue weighted by Gasteiger charge is -2.36. The van der Waals surface area contributed by atoms with Crippen molar-refractivity contribution in [2.24, 2.45) is 0 Å². The van der Waals surface area contributed by atoms with Gasteiger partial charge in [-0.1, -0.05) is 0 Å². The van der Waals surface area contributed by atoms with Crippen LogP contribution >= 0.6 is 0 Å². The highest BCUT2D eigenvalue weighted by Gasteiger charge is 2.30. The molecule has 1 N–H and O–H groups in total. The molecule has 3 aromatic rings. The van der Waals surface area contributed by atoms with E-state index in [0.717, 1.165) is 12.1 Å². The van der Waals surface area contributed by atoms with Gasteiger partial charge in [0.1, 0.15) is 11.3 Å². The highest BCUT2D eigenvalue weighted by Crippen LogP contribution is 2.31. The molecule has 1 aliphatic heterocycles. The standard InChI is InChI=1S/C24H20F3N3O4/c25-24(26,27)17-5-7-18(8-6-17)29-12-14-30(15-13-29)22(31)20-2-1-11-28-21(20)34-19-9-3-16(4-10-19)23(32)33/h1-11H,12-15H2,(H,32,33). The summed E-state index contributed by atoms with van der Waals surface area (Å²) in [7, 11) is 0. The first kappa shape index (κ1) is 23.1. The van der Waals surface area contributed by atoms with Gasteiger partial charge in [-0.2, -0.15) is 13.2 Å². The van der Waals surface area contributed by atoms with Gasteiger partial charge in [0.25, 0.3) is 5.91 Å². The molecule has 0 saturated carbocycles. The predicted octanol–water partition coefficient (Wildman–Crippen LogP) is 4.55. The molecule has 34 heavy (non-hydrogen) atoms. The largest absolute Gasteiger partial charge is 0.478 e. The summed E-state index contributed by atoms with van der Waals surface area (Å²) in [6.07, 6.45) is -2.90. The molecule has 2 aromatic carbocycles. The summed E-state index contributed by atoms with van der Waals surface area (Å²) >= 11 is 0. The monoisotopic (exact) mass is 471 g/mol. The maximum absolute atomic E-state index is 13.1. The number of hydrogen-bond acceptors (Lipinski definition) is 5. The molecular weight excluding hydrogens is 451 g/mol. The third-order valence-corrected chi connectivity index (χ3v) is 5.44. The molecule has 1 aromatic heterocycles. The van der Waals surface area contributed by atoms with E-state index in [1.54, 1.807) is 17.0 Å². The summed E-state index contributed by atoms with van der Waals surface area (Å²) < 4.78 is 44.1. The normalized spacial score (nSPS) is 14.1. The lowest BCUT2D eigenvalue weighted by atomic mass is 10.1. The van der Waals surface area contributed by atoms with Crippen LogP contribution in [0.2, 0.25) is 0 Å². The number of nitrogens with zero attached hydrogens (tertiary/aromatic N) is 3. The Balaban J connectivity index is 1.42. The molecule has 0 atom stereocenters. The van der Waals surface area contributed by atoms with Gasteiger partial charge in [-0.05, 0) is 60.7 Å². The van der Waals surface area contributed by atoms with E-state index in [1.807, 2.05) is 4.90 Å². The minimum atomic E-state index is -4.38. The van der Waals surface area contributed by atoms with Crippen molar-refractivity contribution in [3.05, 3.63) is 83.6 Å². The number of halogens is 3. The van der Waals surface area contributed by atoms with Crippen molar-refractivity contribution in [2.45, 2.75) is 6.18 Å². The number of ether oxygens (including phenoxy) is 1. The van der Waals surface area contributed by atoms with Crippen LogP contribution in [0.4, 0.5) is 18.9 Å². The van der Waals surface area contributed by atoms with Crippen LogP contribution in [-0.4, -0.2) is 53.0 Å². The van der Waals surface area contributed by atoms with Crippen LogP contribution in [0.15, 0.2) is 66.9 Å². The van der Waals surface area contributed by atoms with Gasteiger partial charge in [0.05, 0.1) is 11.1 Å². The Morgan fingerprint density at radius 3 is 2.15 bits per heavy atom. The fourth-order valence-electron chi connectivity index (χ4n) is 3.61. The van der Waals surface area contributed by atoms with E-state index in [0.29, 0.717) is 37.6 Å². The zero-order chi connectivity index (χ0) is 24.3. The summed E-state index contributed by atoms with van der Waals surface area (Å²) in [6, 6.07) is 13.9. The predicted molar refractivity (Wildman–Crippen MR) is 117 cm³/mol. The number of alkyl halides is 3. The number of pyridine rings is 1. The number of benzene rings is 2. The van der Waals surface area contributed by atoms with Gasteiger partial charge in [-0.15, -0.1) is 0 Å². The summed E-state index contributed by atoms with van der Waals surface area (Å²) in [4.78, 5) is 31.9. The minimum absolute atomic E-state index is 0.0979. The minimum Gasteiger partial charge on any atom is -0.478 e. The molecule has 0 radical (unpaired) electrons. The number of hydrogen-bond donors (Lipinski definition) is 1. The Morgan fingerprint density at radius 1 is 0.912 bits per heavy atom. The second kappa shape index (κ2) is 9.42. The van der Waals surface area contributed by atoms with Crippen molar-refractivity contribution in [1.29, 1.82) is 0 Å². The van der Waals surface area contributed by atoms with Crippen LogP contribution in [0.5, 0.6) is 11.6 Å². The van der Waals surface area contributed by atoms with Gasteiger partial charge >= 0.3 is 12.1 Å². The molecule has 176 valence electrons. The van der Waals surface area contributed by atoms with Crippen LogP contribution in [0.3, 0.4) is 0 Å². The van der Waals surface area contributed by atoms with Gasteiger partial charge in [-0.25, -0.2) is 9.78 Å². The molecule has 0 aliphatic carbocycles. The third-order valence-electron chi connectivity index (χ3n) is 5.44. The molecule has 0 spiro atoms. The molecule has 1 saturated heterocycles. The Bertz CT molecular complexity index is 1170. The Labute approximate surface area is 193 Å². The number of aromatic nitrogens is 1. The van der Waals surface area contributed by atoms with Crippen molar-refractivity contribution < 1.29 is 32.6 Å². The fraction of sp³-hybridized carbons (Fsp3) is 0.208. The van der Waals surface area contributed by atoms with E-state index < -0.39 is 17.7 Å². The first-order valence-electron chi connectivity index (χ1n) is 10.4. The maximum atomic E-state index is 13.1. The highest BCUT2D eigenvalue weighted by atomic mass is 19.4. The van der Waals surface area contributed by atoms with Crippen LogP contribution in [0, 0.1) is 0 Å². The van der Waals surface area contributed by atoms with E-state index in [1.165, 1.54) is 42.6 Å². The number of aromatic carboxylic acids is 1. The number of piperazine rings is 1. The number of rotatable bonds is 5. The molecule has 2 heterocycles. The Hall–Kier alpha value is -4.08. The third kappa shape index (κ3) is 5.11. The van der Waals surface area contributed by atoms with Gasteiger partial charge < -0.3 is 19.6 Å². The van der Waals surface area contributed by atoms with Crippen molar-refractivity contribution in [3.8, 4) is 11.6 Å². The second-order valence-electron chi connectivity index (χ2n) is 7.61. The Morgan fingerprint density at radius 2 is 1.56 bits per heavy atom. The number of carbonyl (C=O) groups excluding carboxylic acids is 1. The molecular formula is C24H20F3N3O4. The molecule has 1 fully saturated rings. The van der Waals surface area contributed by atoms with Crippen LogP contribution in [0.25, 0.3) is 0 Å². The van der Waals surface area contributed by atoms with E-state index in [-0.39, 0.29) is 22.9 Å². The molecule has 1 aliphatic rings. The number of carbonyl (C=O) groups is 2. The molecule has 0 unspecified atom stereocenters. The van der Waals surface area contributed by atoms with Crippen molar-refractivity contribution >= 4 is 17.6 Å². The molecule has 1 amide bonds. The van der Waals surface area contributed by atoms with Crippen LogP contribution in [0.1, 0.15) is 26.3 Å². The number of carboxylic acid groups (broad SMARTS) is 1. The molecule has 0 bridgehead atoms. The topological polar surface area (TPSA) is 83.0 Å². The molecule has 10 heteroatoms. The van der Waals surface area contributed by atoms with Crippen LogP contribution < -0.4 is 9.64 Å². The summed E-state index contributed by atoms with van der Waals surface area (Å²) in [5.41, 5.74) is 0.324. The van der Waals surface area contributed by atoms with Crippen molar-refractivity contribution in [1.82, 2.24) is 9.88 Å². The maximum Gasteiger partial charge on any atom is 0.416 e. The Kier molecular flexibility index (Phi) is 6.40. The van der Waals surface area contributed by atoms with Crippen LogP contribution in [-0.2, 0) is 6.18 Å². The zero-order valence-corrected chi connectivity index (χ0v) is 17.8. The SMILES string of the molecule is O=C(O)c1ccc(Oc2ncccc2C(=O)N2CCN(c3ccc(C(F)(F)F)cc3)CC2)cc1. The zero-order valence-electron chi connectivity index (χ0n) is 17.8. The average molecular weight is 471 g/mol. The fourth-order valence-corrected chi connectivity index (χ4v) is 3.61. The second-order valence-corrected chi connectivity index (χ2v) is 7.61. The summed E-state index contributed by atoms with van der Waals surface area (Å²) in [5, 5.41) is 9.01. The van der Waals surface area contributed by atoms with E-state index in [9.17, 15) is 22.8 Å².